The average Bonchev–Trinajstić information content (AvgIpc) is 2.47. The van der Waals surface area contributed by atoms with Crippen LogP contribution in [-0.2, 0) is 9.84 Å². The fourth-order valence-corrected chi connectivity index (χ4v) is 2.92. The van der Waals surface area contributed by atoms with Gasteiger partial charge in [-0.25, -0.2) is 8.42 Å². The molecule has 2 aromatic rings. The van der Waals surface area contributed by atoms with Crippen molar-refractivity contribution in [2.75, 3.05) is 7.11 Å². The molecule has 2 aromatic carbocycles. The molecule has 0 aliphatic heterocycles. The third kappa shape index (κ3) is 2.69. The maximum atomic E-state index is 12.4. The van der Waals surface area contributed by atoms with Crippen LogP contribution in [0.5, 0.6) is 5.75 Å². The van der Waals surface area contributed by atoms with Crippen molar-refractivity contribution in [3.8, 4) is 5.75 Å². The van der Waals surface area contributed by atoms with Gasteiger partial charge in [0, 0.05) is 0 Å². The zero-order valence-corrected chi connectivity index (χ0v) is 11.4. The van der Waals surface area contributed by atoms with Gasteiger partial charge >= 0.3 is 0 Å². The molecule has 4 heteroatoms. The van der Waals surface area contributed by atoms with Gasteiger partial charge in [0.1, 0.15) is 5.75 Å². The molecule has 0 saturated heterocycles. The summed E-state index contributed by atoms with van der Waals surface area (Å²) in [6.45, 7) is 3.70. The number of sulfone groups is 1. The first-order chi connectivity index (χ1) is 9.05. The molecule has 19 heavy (non-hydrogen) atoms. The topological polar surface area (TPSA) is 43.4 Å². The number of benzene rings is 2. The molecule has 98 valence electrons. The molecular formula is C15H14O3S. The Morgan fingerprint density at radius 1 is 1.00 bits per heavy atom. The smallest absolute Gasteiger partial charge is 0.206 e. The van der Waals surface area contributed by atoms with Gasteiger partial charge in [-0.1, -0.05) is 36.9 Å². The zero-order chi connectivity index (χ0) is 13.9. The van der Waals surface area contributed by atoms with Crippen LogP contribution in [0.15, 0.2) is 66.1 Å². The maximum Gasteiger partial charge on any atom is 0.206 e. The number of hydrogen-bond acceptors (Lipinski definition) is 3. The summed E-state index contributed by atoms with van der Waals surface area (Å²) in [7, 11) is -1.99. The average molecular weight is 274 g/mol. The lowest BCUT2D eigenvalue weighted by Crippen LogP contribution is -2.03. The lowest BCUT2D eigenvalue weighted by Gasteiger charge is -2.08. The van der Waals surface area contributed by atoms with E-state index in [1.54, 1.807) is 61.7 Å². The van der Waals surface area contributed by atoms with Gasteiger partial charge in [-0.05, 0) is 29.8 Å². The van der Waals surface area contributed by atoms with Gasteiger partial charge in [-0.2, -0.15) is 0 Å². The first-order valence-electron chi connectivity index (χ1n) is 5.69. The minimum absolute atomic E-state index is 0.0846. The SMILES string of the molecule is C=C(c1ccc(OC)cc1)S(=O)(=O)c1ccccc1. The van der Waals surface area contributed by atoms with E-state index in [1.807, 2.05) is 0 Å². The number of ether oxygens (including phenoxy) is 1. The zero-order valence-electron chi connectivity index (χ0n) is 10.5. The Labute approximate surface area is 113 Å². The third-order valence-corrected chi connectivity index (χ3v) is 4.57. The van der Waals surface area contributed by atoms with Crippen LogP contribution in [0.25, 0.3) is 4.91 Å². The Balaban J connectivity index is 2.38. The second-order valence-electron chi connectivity index (χ2n) is 3.97. The van der Waals surface area contributed by atoms with Gasteiger partial charge in [-0.15, -0.1) is 0 Å². The summed E-state index contributed by atoms with van der Waals surface area (Å²) in [6, 6.07) is 15.1. The van der Waals surface area contributed by atoms with Crippen LogP contribution in [0, 0.1) is 0 Å². The molecule has 0 aliphatic rings. The van der Waals surface area contributed by atoms with Crippen LogP contribution < -0.4 is 4.74 Å². The van der Waals surface area contributed by atoms with Crippen molar-refractivity contribution < 1.29 is 13.2 Å². The van der Waals surface area contributed by atoms with Gasteiger partial charge in [-0.3, -0.25) is 0 Å². The summed E-state index contributed by atoms with van der Waals surface area (Å²) in [5.41, 5.74) is 0.560. The van der Waals surface area contributed by atoms with Crippen molar-refractivity contribution >= 4 is 14.7 Å². The first-order valence-corrected chi connectivity index (χ1v) is 7.17. The normalized spacial score (nSPS) is 11.0. The van der Waals surface area contributed by atoms with Gasteiger partial charge in [0.2, 0.25) is 9.84 Å². The van der Waals surface area contributed by atoms with Gasteiger partial charge < -0.3 is 4.74 Å². The molecule has 3 nitrogen and oxygen atoms in total. The Hall–Kier alpha value is -2.07. The molecule has 0 saturated carbocycles. The molecule has 0 bridgehead atoms. The van der Waals surface area contributed by atoms with Crippen LogP contribution >= 0.6 is 0 Å². The van der Waals surface area contributed by atoms with Crippen LogP contribution in [-0.4, -0.2) is 15.5 Å². The predicted molar refractivity (Wildman–Crippen MR) is 75.7 cm³/mol. The van der Waals surface area contributed by atoms with Crippen LogP contribution in [0.2, 0.25) is 0 Å². The van der Waals surface area contributed by atoms with E-state index < -0.39 is 9.84 Å². The van der Waals surface area contributed by atoms with Crippen molar-refractivity contribution in [2.45, 2.75) is 4.90 Å². The van der Waals surface area contributed by atoms with Gasteiger partial charge in [0.15, 0.2) is 0 Å². The highest BCUT2D eigenvalue weighted by molar-refractivity contribution is 8.00. The summed E-state index contributed by atoms with van der Waals surface area (Å²) in [5, 5.41) is 0. The number of methoxy groups -OCH3 is 1. The first kappa shape index (κ1) is 13.4. The van der Waals surface area contributed by atoms with Crippen molar-refractivity contribution in [1.29, 1.82) is 0 Å². The maximum absolute atomic E-state index is 12.4. The minimum atomic E-state index is -3.55. The molecule has 0 fully saturated rings. The van der Waals surface area contributed by atoms with Crippen molar-refractivity contribution in [3.05, 3.63) is 66.7 Å². The highest BCUT2D eigenvalue weighted by Crippen LogP contribution is 2.27. The summed E-state index contributed by atoms with van der Waals surface area (Å²) in [6.07, 6.45) is 0. The molecule has 0 radical (unpaired) electrons. The lowest BCUT2D eigenvalue weighted by atomic mass is 10.2. The van der Waals surface area contributed by atoms with E-state index in [4.69, 9.17) is 4.74 Å². The summed E-state index contributed by atoms with van der Waals surface area (Å²) >= 11 is 0. The van der Waals surface area contributed by atoms with E-state index in [0.29, 0.717) is 11.3 Å². The molecule has 0 N–H and O–H groups in total. The fourth-order valence-electron chi connectivity index (χ4n) is 1.67. The monoisotopic (exact) mass is 274 g/mol. The van der Waals surface area contributed by atoms with Crippen LogP contribution in [0.4, 0.5) is 0 Å². The van der Waals surface area contributed by atoms with E-state index in [1.165, 1.54) is 0 Å². The second-order valence-corrected chi connectivity index (χ2v) is 5.94. The summed E-state index contributed by atoms with van der Waals surface area (Å²) in [4.78, 5) is 0.331. The lowest BCUT2D eigenvalue weighted by molar-refractivity contribution is 0.415. The molecule has 0 amide bonds. The Kier molecular flexibility index (Phi) is 3.71. The van der Waals surface area contributed by atoms with Gasteiger partial charge in [0.05, 0.1) is 16.9 Å². The molecular weight excluding hydrogens is 260 g/mol. The van der Waals surface area contributed by atoms with Crippen molar-refractivity contribution in [2.24, 2.45) is 0 Å². The van der Waals surface area contributed by atoms with E-state index in [0.717, 1.165) is 0 Å². The predicted octanol–water partition coefficient (Wildman–Crippen LogP) is 3.14. The second kappa shape index (κ2) is 5.28. The molecule has 2 rings (SSSR count). The van der Waals surface area contributed by atoms with Crippen molar-refractivity contribution in [3.63, 3.8) is 0 Å². The quantitative estimate of drug-likeness (QED) is 0.860. The molecule has 0 atom stereocenters. The molecule has 0 aromatic heterocycles. The Morgan fingerprint density at radius 2 is 1.58 bits per heavy atom. The molecule has 0 heterocycles. The van der Waals surface area contributed by atoms with Crippen LogP contribution in [0.1, 0.15) is 5.56 Å². The van der Waals surface area contributed by atoms with Crippen molar-refractivity contribution in [1.82, 2.24) is 0 Å². The summed E-state index contributed by atoms with van der Waals surface area (Å²) in [5.74, 6) is 0.675. The van der Waals surface area contributed by atoms with E-state index in [9.17, 15) is 8.42 Å². The largest absolute Gasteiger partial charge is 0.497 e. The number of hydrogen-bond donors (Lipinski definition) is 0. The van der Waals surface area contributed by atoms with Gasteiger partial charge in [0.25, 0.3) is 0 Å². The third-order valence-electron chi connectivity index (χ3n) is 2.79. The summed E-state index contributed by atoms with van der Waals surface area (Å²) < 4.78 is 29.8. The van der Waals surface area contributed by atoms with E-state index in [-0.39, 0.29) is 9.80 Å². The standard InChI is InChI=1S/C15H14O3S/c1-12(13-8-10-14(18-2)11-9-13)19(16,17)15-6-4-3-5-7-15/h3-11H,1H2,2H3. The fraction of sp³-hybridized carbons (Fsp3) is 0.0667. The highest BCUT2D eigenvalue weighted by atomic mass is 32.2. The Bertz CT molecular complexity index is 671. The van der Waals surface area contributed by atoms with E-state index in [2.05, 4.69) is 6.58 Å². The molecule has 0 spiro atoms. The molecule has 0 unspecified atom stereocenters. The Morgan fingerprint density at radius 3 is 2.11 bits per heavy atom. The van der Waals surface area contributed by atoms with Crippen LogP contribution in [0.3, 0.4) is 0 Å². The minimum Gasteiger partial charge on any atom is -0.497 e. The number of rotatable bonds is 4. The van der Waals surface area contributed by atoms with E-state index >= 15 is 0 Å². The molecule has 0 aliphatic carbocycles. The highest BCUT2D eigenvalue weighted by Gasteiger charge is 2.19.